The molecular weight excluding hydrogens is 198 g/mol. The summed E-state index contributed by atoms with van der Waals surface area (Å²) in [5.41, 5.74) is 2.13. The number of hydrogen-bond acceptors (Lipinski definition) is 2. The van der Waals surface area contributed by atoms with Crippen molar-refractivity contribution in [2.45, 2.75) is 34.6 Å². The Morgan fingerprint density at radius 3 is 2.50 bits per heavy atom. The van der Waals surface area contributed by atoms with E-state index in [2.05, 4.69) is 30.7 Å². The fourth-order valence-corrected chi connectivity index (χ4v) is 1.43. The monoisotopic (exact) mass is 221 g/mol. The second kappa shape index (κ2) is 7.85. The smallest absolute Gasteiger partial charge is 0.0858 e. The van der Waals surface area contributed by atoms with Crippen molar-refractivity contribution < 1.29 is 0 Å². The minimum absolute atomic E-state index is 0.408. The van der Waals surface area contributed by atoms with Gasteiger partial charge in [0.2, 0.25) is 0 Å². The van der Waals surface area contributed by atoms with E-state index in [9.17, 15) is 0 Å². The van der Waals surface area contributed by atoms with Crippen LogP contribution < -0.4 is 0 Å². The highest BCUT2D eigenvalue weighted by atomic mass is 15.3. The fraction of sp³-hybridized carbons (Fsp3) is 0.538. The molecule has 3 nitrogen and oxygen atoms in total. The van der Waals surface area contributed by atoms with Crippen molar-refractivity contribution in [2.75, 3.05) is 6.54 Å². The first kappa shape index (κ1) is 14.6. The van der Waals surface area contributed by atoms with Crippen molar-refractivity contribution in [3.63, 3.8) is 0 Å². The molecule has 0 atom stereocenters. The summed E-state index contributed by atoms with van der Waals surface area (Å²) in [5, 5.41) is 3.90. The molecule has 1 rings (SSSR count). The van der Waals surface area contributed by atoms with Crippen LogP contribution in [0.5, 0.6) is 0 Å². The van der Waals surface area contributed by atoms with E-state index in [0.29, 0.717) is 5.92 Å². The zero-order valence-corrected chi connectivity index (χ0v) is 11.1. The molecule has 0 bridgehead atoms. The van der Waals surface area contributed by atoms with Crippen molar-refractivity contribution >= 4 is 12.4 Å². The van der Waals surface area contributed by atoms with Gasteiger partial charge in [-0.3, -0.25) is 4.99 Å². The van der Waals surface area contributed by atoms with E-state index < -0.39 is 0 Å². The summed E-state index contributed by atoms with van der Waals surface area (Å²) in [6, 6.07) is 3.97. The van der Waals surface area contributed by atoms with Crippen LogP contribution in [0.25, 0.3) is 0 Å². The fourth-order valence-electron chi connectivity index (χ4n) is 1.43. The minimum atomic E-state index is 0.408. The van der Waals surface area contributed by atoms with Crippen molar-refractivity contribution in [2.24, 2.45) is 16.0 Å². The van der Waals surface area contributed by atoms with Crippen LogP contribution in [0.15, 0.2) is 28.4 Å². The Balaban J connectivity index is 0.00000106. The lowest BCUT2D eigenvalue weighted by Crippen LogP contribution is -2.13. The highest BCUT2D eigenvalue weighted by molar-refractivity contribution is 6.00. The van der Waals surface area contributed by atoms with Gasteiger partial charge in [-0.05, 0) is 25.0 Å². The highest BCUT2D eigenvalue weighted by Crippen LogP contribution is 2.11. The van der Waals surface area contributed by atoms with Crippen molar-refractivity contribution in [1.29, 1.82) is 0 Å². The highest BCUT2D eigenvalue weighted by Gasteiger charge is 2.11. The van der Waals surface area contributed by atoms with E-state index in [1.54, 1.807) is 4.68 Å². The number of nitrogens with zero attached hydrogens (tertiary/aromatic N) is 3. The molecule has 0 aliphatic heterocycles. The van der Waals surface area contributed by atoms with Gasteiger partial charge in [-0.2, -0.15) is 5.10 Å². The van der Waals surface area contributed by atoms with E-state index in [1.807, 2.05) is 39.1 Å². The number of aromatic nitrogens is 1. The maximum absolute atomic E-state index is 4.48. The lowest BCUT2D eigenvalue weighted by Gasteiger charge is -2.10. The zero-order valence-electron chi connectivity index (χ0n) is 11.1. The molecule has 90 valence electrons. The SMILES string of the molecule is C=Nn1cccc1C(=NCC)C(C)C.CC. The van der Waals surface area contributed by atoms with Crippen LogP contribution in [-0.2, 0) is 0 Å². The summed E-state index contributed by atoms with van der Waals surface area (Å²) in [6.45, 7) is 14.6. The molecule has 0 aromatic carbocycles. The van der Waals surface area contributed by atoms with E-state index in [-0.39, 0.29) is 0 Å². The zero-order chi connectivity index (χ0) is 12.6. The van der Waals surface area contributed by atoms with Gasteiger partial charge in [0, 0.05) is 19.5 Å². The molecule has 0 saturated heterocycles. The summed E-state index contributed by atoms with van der Waals surface area (Å²) < 4.78 is 1.76. The van der Waals surface area contributed by atoms with Gasteiger partial charge in [-0.15, -0.1) is 0 Å². The van der Waals surface area contributed by atoms with E-state index in [4.69, 9.17) is 0 Å². The van der Waals surface area contributed by atoms with Crippen LogP contribution in [0.2, 0.25) is 0 Å². The van der Waals surface area contributed by atoms with Gasteiger partial charge in [0.25, 0.3) is 0 Å². The first-order chi connectivity index (χ1) is 7.70. The molecule has 1 aromatic rings. The summed E-state index contributed by atoms with van der Waals surface area (Å²) >= 11 is 0. The Labute approximate surface area is 98.9 Å². The molecule has 0 unspecified atom stereocenters. The maximum atomic E-state index is 4.48. The van der Waals surface area contributed by atoms with Crippen molar-refractivity contribution in [3.8, 4) is 0 Å². The van der Waals surface area contributed by atoms with Gasteiger partial charge in [0.15, 0.2) is 0 Å². The average Bonchev–Trinajstić information content (AvgIpc) is 2.76. The summed E-state index contributed by atoms with van der Waals surface area (Å²) in [6.07, 6.45) is 1.88. The Morgan fingerprint density at radius 2 is 2.06 bits per heavy atom. The normalized spacial score (nSPS) is 11.0. The molecule has 0 aliphatic carbocycles. The van der Waals surface area contributed by atoms with Crippen LogP contribution in [0.4, 0.5) is 0 Å². The van der Waals surface area contributed by atoms with Gasteiger partial charge in [-0.25, -0.2) is 4.68 Å². The van der Waals surface area contributed by atoms with Crippen LogP contribution in [0, 0.1) is 5.92 Å². The third-order valence-electron chi connectivity index (χ3n) is 2.02. The Kier molecular flexibility index (Phi) is 7.18. The quantitative estimate of drug-likeness (QED) is 0.697. The minimum Gasteiger partial charge on any atom is -0.288 e. The molecule has 0 N–H and O–H groups in total. The predicted octanol–water partition coefficient (Wildman–Crippen LogP) is 3.44. The lowest BCUT2D eigenvalue weighted by molar-refractivity contribution is 0.828. The molecule has 1 heterocycles. The Hall–Kier alpha value is -1.38. The standard InChI is InChI=1S/C11H17N3.C2H6/c1-5-13-11(9(2)3)10-7-6-8-14(10)12-4;1-2/h6-9H,4-5H2,1-3H3;1-2H3. The molecule has 0 radical (unpaired) electrons. The molecule has 0 fully saturated rings. The van der Waals surface area contributed by atoms with Crippen molar-refractivity contribution in [1.82, 2.24) is 4.68 Å². The van der Waals surface area contributed by atoms with Crippen molar-refractivity contribution in [3.05, 3.63) is 24.0 Å². The van der Waals surface area contributed by atoms with Gasteiger partial charge in [-0.1, -0.05) is 27.7 Å². The number of rotatable bonds is 4. The molecule has 1 aromatic heterocycles. The average molecular weight is 221 g/mol. The third kappa shape index (κ3) is 3.65. The van der Waals surface area contributed by atoms with E-state index in [0.717, 1.165) is 18.0 Å². The number of aliphatic imine (C=N–C) groups is 1. The molecule has 3 heteroatoms. The number of hydrogen-bond donors (Lipinski definition) is 0. The predicted molar refractivity (Wildman–Crippen MR) is 72.6 cm³/mol. The summed E-state index contributed by atoms with van der Waals surface area (Å²) in [5.74, 6) is 0.408. The Bertz CT molecular complexity index is 335. The first-order valence-electron chi connectivity index (χ1n) is 5.89. The first-order valence-corrected chi connectivity index (χ1v) is 5.89. The second-order valence-electron chi connectivity index (χ2n) is 3.39. The maximum Gasteiger partial charge on any atom is 0.0858 e. The van der Waals surface area contributed by atoms with E-state index in [1.165, 1.54) is 0 Å². The molecule has 0 spiro atoms. The molecule has 0 saturated carbocycles. The lowest BCUT2D eigenvalue weighted by atomic mass is 10.1. The largest absolute Gasteiger partial charge is 0.288 e. The third-order valence-corrected chi connectivity index (χ3v) is 2.02. The topological polar surface area (TPSA) is 29.6 Å². The summed E-state index contributed by atoms with van der Waals surface area (Å²) in [4.78, 5) is 4.48. The molecule has 16 heavy (non-hydrogen) atoms. The van der Waals surface area contributed by atoms with Crippen LogP contribution in [0.1, 0.15) is 40.3 Å². The second-order valence-corrected chi connectivity index (χ2v) is 3.39. The van der Waals surface area contributed by atoms with Gasteiger partial charge in [0.05, 0.1) is 11.4 Å². The molecule has 0 amide bonds. The van der Waals surface area contributed by atoms with Gasteiger partial charge in [0.1, 0.15) is 0 Å². The van der Waals surface area contributed by atoms with E-state index >= 15 is 0 Å². The van der Waals surface area contributed by atoms with Gasteiger partial charge >= 0.3 is 0 Å². The van der Waals surface area contributed by atoms with Gasteiger partial charge < -0.3 is 0 Å². The van der Waals surface area contributed by atoms with Crippen LogP contribution in [-0.4, -0.2) is 23.7 Å². The van der Waals surface area contributed by atoms with Crippen LogP contribution >= 0.6 is 0 Å². The molecular formula is C13H23N3. The van der Waals surface area contributed by atoms with Crippen LogP contribution in [0.3, 0.4) is 0 Å². The molecule has 0 aliphatic rings. The Morgan fingerprint density at radius 1 is 1.44 bits per heavy atom. The summed E-state index contributed by atoms with van der Waals surface area (Å²) in [7, 11) is 0.